The van der Waals surface area contributed by atoms with Crippen LogP contribution in [0.5, 0.6) is 0 Å². The Kier molecular flexibility index (Phi) is 7.85. The highest BCUT2D eigenvalue weighted by Crippen LogP contribution is 2.17. The lowest BCUT2D eigenvalue weighted by atomic mass is 10.1. The fourth-order valence-electron chi connectivity index (χ4n) is 3.76. The van der Waals surface area contributed by atoms with Crippen LogP contribution in [0.25, 0.3) is 0 Å². The molecular weight excluding hydrogens is 400 g/mol. The molecule has 0 aliphatic carbocycles. The predicted molar refractivity (Wildman–Crippen MR) is 119 cm³/mol. The number of carbonyl (C=O) groups is 2. The molecule has 30 heavy (non-hydrogen) atoms. The zero-order valence-corrected chi connectivity index (χ0v) is 18.4. The first-order valence-electron chi connectivity index (χ1n) is 10.4. The molecule has 0 bridgehead atoms. The maximum Gasteiger partial charge on any atom is 0.279 e. The highest BCUT2D eigenvalue weighted by molar-refractivity contribution is 6.30. The van der Waals surface area contributed by atoms with Gasteiger partial charge in [-0.2, -0.15) is 0 Å². The van der Waals surface area contributed by atoms with E-state index in [2.05, 4.69) is 10.6 Å². The fourth-order valence-corrected chi connectivity index (χ4v) is 3.97. The molecule has 0 aromatic heterocycles. The van der Waals surface area contributed by atoms with Crippen LogP contribution in [0.15, 0.2) is 42.5 Å². The van der Waals surface area contributed by atoms with Crippen molar-refractivity contribution in [3.8, 4) is 0 Å². The van der Waals surface area contributed by atoms with Gasteiger partial charge in [-0.25, -0.2) is 0 Å². The highest BCUT2D eigenvalue weighted by atomic mass is 35.5. The summed E-state index contributed by atoms with van der Waals surface area (Å²) in [6.07, 6.45) is 0. The number of carbonyl (C=O) groups excluding carboxylic acids is 2. The van der Waals surface area contributed by atoms with Crippen LogP contribution >= 0.6 is 11.6 Å². The Balaban J connectivity index is 1.37. The van der Waals surface area contributed by atoms with E-state index in [1.165, 1.54) is 15.4 Å². The Labute approximate surface area is 183 Å². The number of quaternary nitrogens is 2. The van der Waals surface area contributed by atoms with E-state index in [4.69, 9.17) is 11.6 Å². The second kappa shape index (κ2) is 10.6. The summed E-state index contributed by atoms with van der Waals surface area (Å²) in [6, 6.07) is 13.5. The smallest absolute Gasteiger partial charge is 0.279 e. The second-order valence-corrected chi connectivity index (χ2v) is 8.49. The molecule has 0 unspecified atom stereocenters. The summed E-state index contributed by atoms with van der Waals surface area (Å²) >= 11 is 5.98. The normalized spacial score (nSPS) is 18.6. The number of aryl methyl sites for hydroxylation is 1. The van der Waals surface area contributed by atoms with E-state index >= 15 is 0 Å². The first-order chi connectivity index (χ1) is 14.4. The van der Waals surface area contributed by atoms with Crippen molar-refractivity contribution >= 4 is 29.1 Å². The summed E-state index contributed by atoms with van der Waals surface area (Å²) in [6.45, 7) is 9.02. The number of amides is 2. The molecule has 6 nitrogen and oxygen atoms in total. The van der Waals surface area contributed by atoms with Crippen LogP contribution in [0.1, 0.15) is 16.7 Å². The monoisotopic (exact) mass is 430 g/mol. The molecule has 0 saturated carbocycles. The fraction of sp³-hybridized carbons (Fsp3) is 0.391. The maximum absolute atomic E-state index is 12.4. The minimum atomic E-state index is 0.0427. The summed E-state index contributed by atoms with van der Waals surface area (Å²) in [5.41, 5.74) is 4.17. The predicted octanol–water partition coefficient (Wildman–Crippen LogP) is -0.00486. The number of rotatable bonds is 7. The number of hydrogen-bond acceptors (Lipinski definition) is 2. The molecule has 0 radical (unpaired) electrons. The first-order valence-corrected chi connectivity index (χ1v) is 10.8. The molecule has 7 heteroatoms. The Hall–Kier alpha value is -2.41. The third-order valence-corrected chi connectivity index (χ3v) is 5.98. The number of piperazine rings is 1. The van der Waals surface area contributed by atoms with Crippen molar-refractivity contribution in [1.29, 1.82) is 0 Å². The van der Waals surface area contributed by atoms with E-state index in [0.29, 0.717) is 24.7 Å². The van der Waals surface area contributed by atoms with Crippen molar-refractivity contribution in [3.63, 3.8) is 0 Å². The third-order valence-electron chi connectivity index (χ3n) is 5.74. The van der Waals surface area contributed by atoms with E-state index < -0.39 is 0 Å². The van der Waals surface area contributed by atoms with Gasteiger partial charge in [-0.15, -0.1) is 0 Å². The molecule has 160 valence electrons. The molecule has 2 amide bonds. The SMILES string of the molecule is Cc1cccc(NC(=O)C[NH+]2CC[NH+](CC(=O)NCc3cccc(Cl)c3)CC2)c1C. The molecule has 0 atom stereocenters. The Morgan fingerprint density at radius 2 is 1.57 bits per heavy atom. The molecule has 1 heterocycles. The van der Waals surface area contributed by atoms with Gasteiger partial charge in [0.15, 0.2) is 13.1 Å². The number of hydrogen-bond donors (Lipinski definition) is 4. The molecule has 1 aliphatic rings. The van der Waals surface area contributed by atoms with Crippen LogP contribution in [0.3, 0.4) is 0 Å². The summed E-state index contributed by atoms with van der Waals surface area (Å²) in [7, 11) is 0. The summed E-state index contributed by atoms with van der Waals surface area (Å²) in [5, 5.41) is 6.68. The Morgan fingerprint density at radius 3 is 2.23 bits per heavy atom. The van der Waals surface area contributed by atoms with Crippen molar-refractivity contribution in [2.24, 2.45) is 0 Å². The molecule has 1 fully saturated rings. The average Bonchev–Trinajstić information content (AvgIpc) is 2.71. The van der Waals surface area contributed by atoms with E-state index in [9.17, 15) is 9.59 Å². The third kappa shape index (κ3) is 6.55. The van der Waals surface area contributed by atoms with E-state index in [1.807, 2.05) is 56.3 Å². The highest BCUT2D eigenvalue weighted by Gasteiger charge is 2.26. The molecule has 0 spiro atoms. The van der Waals surface area contributed by atoms with Gasteiger partial charge in [-0.3, -0.25) is 9.59 Å². The quantitative estimate of drug-likeness (QED) is 0.499. The van der Waals surface area contributed by atoms with E-state index in [1.54, 1.807) is 0 Å². The molecule has 2 aromatic rings. The van der Waals surface area contributed by atoms with Crippen LogP contribution < -0.4 is 20.4 Å². The molecule has 4 N–H and O–H groups in total. The van der Waals surface area contributed by atoms with E-state index in [0.717, 1.165) is 43.0 Å². The van der Waals surface area contributed by atoms with Crippen molar-refractivity contribution in [2.75, 3.05) is 44.6 Å². The molecule has 3 rings (SSSR count). The van der Waals surface area contributed by atoms with Gasteiger partial charge in [0, 0.05) is 17.3 Å². The largest absolute Gasteiger partial charge is 0.347 e. The van der Waals surface area contributed by atoms with Gasteiger partial charge < -0.3 is 20.4 Å². The van der Waals surface area contributed by atoms with Crippen LogP contribution in [0.2, 0.25) is 5.02 Å². The number of benzene rings is 2. The topological polar surface area (TPSA) is 67.1 Å². The minimum absolute atomic E-state index is 0.0427. The maximum atomic E-state index is 12.4. The number of anilines is 1. The van der Waals surface area contributed by atoms with Crippen LogP contribution in [-0.4, -0.2) is 51.1 Å². The molecule has 1 saturated heterocycles. The first kappa shape index (κ1) is 22.3. The Bertz CT molecular complexity index is 895. The van der Waals surface area contributed by atoms with Gasteiger partial charge >= 0.3 is 0 Å². The Morgan fingerprint density at radius 1 is 0.933 bits per heavy atom. The number of halogens is 1. The zero-order valence-electron chi connectivity index (χ0n) is 17.7. The lowest BCUT2D eigenvalue weighted by molar-refractivity contribution is -1.00. The molecule has 2 aromatic carbocycles. The van der Waals surface area contributed by atoms with E-state index in [-0.39, 0.29) is 11.8 Å². The minimum Gasteiger partial charge on any atom is -0.347 e. The molecular formula is C23H31ClN4O2+2. The standard InChI is InChI=1S/C23H29ClN4O2/c1-17-5-3-8-21(18(17)2)26-23(30)16-28-11-9-27(10-12-28)15-22(29)25-14-19-6-4-7-20(24)13-19/h3-8,13H,9-12,14-16H2,1-2H3,(H,25,29)(H,26,30)/p+2. The van der Waals surface area contributed by atoms with Crippen molar-refractivity contribution < 1.29 is 19.4 Å². The second-order valence-electron chi connectivity index (χ2n) is 8.06. The van der Waals surface area contributed by atoms with Gasteiger partial charge in [-0.1, -0.05) is 35.9 Å². The van der Waals surface area contributed by atoms with Crippen molar-refractivity contribution in [3.05, 3.63) is 64.2 Å². The average molecular weight is 431 g/mol. The van der Waals surface area contributed by atoms with Crippen LogP contribution in [-0.2, 0) is 16.1 Å². The van der Waals surface area contributed by atoms with Crippen molar-refractivity contribution in [2.45, 2.75) is 20.4 Å². The van der Waals surface area contributed by atoms with Gasteiger partial charge in [0.1, 0.15) is 26.2 Å². The van der Waals surface area contributed by atoms with Gasteiger partial charge in [0.25, 0.3) is 11.8 Å². The van der Waals surface area contributed by atoms with Crippen LogP contribution in [0.4, 0.5) is 5.69 Å². The summed E-state index contributed by atoms with van der Waals surface area (Å²) in [4.78, 5) is 27.2. The van der Waals surface area contributed by atoms with Gasteiger partial charge in [-0.05, 0) is 48.7 Å². The van der Waals surface area contributed by atoms with Gasteiger partial charge in [0.05, 0.1) is 0 Å². The van der Waals surface area contributed by atoms with Crippen molar-refractivity contribution in [1.82, 2.24) is 5.32 Å². The van der Waals surface area contributed by atoms with Crippen LogP contribution in [0, 0.1) is 13.8 Å². The zero-order chi connectivity index (χ0) is 21.5. The lowest BCUT2D eigenvalue weighted by Crippen LogP contribution is -3.28. The summed E-state index contributed by atoms with van der Waals surface area (Å²) in [5.74, 6) is 0.0857. The number of nitrogens with one attached hydrogen (secondary N) is 4. The molecule has 1 aliphatic heterocycles. The van der Waals surface area contributed by atoms with Gasteiger partial charge in [0.2, 0.25) is 0 Å². The lowest BCUT2D eigenvalue weighted by Gasteiger charge is -2.29. The summed E-state index contributed by atoms with van der Waals surface area (Å²) < 4.78 is 0.